The Hall–Kier alpha value is -2.36. The lowest BCUT2D eigenvalue weighted by atomic mass is 10.2. The van der Waals surface area contributed by atoms with Crippen molar-refractivity contribution >= 4 is 17.3 Å². The number of halogens is 3. The predicted molar refractivity (Wildman–Crippen MR) is 94.5 cm³/mol. The number of rotatable bonds is 7. The van der Waals surface area contributed by atoms with Crippen molar-refractivity contribution in [3.8, 4) is 5.88 Å². The number of hydrogen-bond acceptors (Lipinski definition) is 5. The van der Waals surface area contributed by atoms with E-state index in [0.29, 0.717) is 18.1 Å². The molecule has 0 radical (unpaired) electrons. The first-order valence-corrected chi connectivity index (χ1v) is 8.74. The highest BCUT2D eigenvalue weighted by molar-refractivity contribution is 7.09. The van der Waals surface area contributed by atoms with Gasteiger partial charge in [-0.25, -0.2) is 9.97 Å². The molecule has 0 aromatic carbocycles. The van der Waals surface area contributed by atoms with Crippen molar-refractivity contribution in [3.05, 3.63) is 40.0 Å². The van der Waals surface area contributed by atoms with Crippen LogP contribution in [-0.4, -0.2) is 42.3 Å². The second-order valence-corrected chi connectivity index (χ2v) is 6.39. The van der Waals surface area contributed by atoms with E-state index in [0.717, 1.165) is 17.1 Å². The minimum absolute atomic E-state index is 0.0503. The molecule has 0 atom stereocenters. The molecule has 0 amide bonds. The summed E-state index contributed by atoms with van der Waals surface area (Å²) in [4.78, 5) is 12.3. The van der Waals surface area contributed by atoms with Gasteiger partial charge in [0.15, 0.2) is 12.6 Å². The zero-order valence-corrected chi connectivity index (χ0v) is 15.2. The summed E-state index contributed by atoms with van der Waals surface area (Å²) in [6.45, 7) is 1.44. The van der Waals surface area contributed by atoms with E-state index in [1.807, 2.05) is 12.3 Å². The molecule has 26 heavy (non-hydrogen) atoms. The van der Waals surface area contributed by atoms with Gasteiger partial charge in [-0.3, -0.25) is 4.99 Å². The SMILES string of the molecule is CN=C(NCCc1csc(C)n1)NCc1cccnc1OCC(F)(F)F. The Labute approximate surface area is 153 Å². The van der Waals surface area contributed by atoms with Crippen molar-refractivity contribution in [2.24, 2.45) is 4.99 Å². The normalized spacial score (nSPS) is 12.1. The number of aliphatic imine (C=N–C) groups is 1. The van der Waals surface area contributed by atoms with E-state index in [-0.39, 0.29) is 12.4 Å². The fourth-order valence-corrected chi connectivity index (χ4v) is 2.72. The Morgan fingerprint density at radius 2 is 2.15 bits per heavy atom. The highest BCUT2D eigenvalue weighted by Gasteiger charge is 2.29. The minimum Gasteiger partial charge on any atom is -0.468 e. The summed E-state index contributed by atoms with van der Waals surface area (Å²) in [5.41, 5.74) is 1.51. The second kappa shape index (κ2) is 9.37. The van der Waals surface area contributed by atoms with Gasteiger partial charge in [0.2, 0.25) is 5.88 Å². The first-order valence-electron chi connectivity index (χ1n) is 7.86. The number of aryl methyl sites for hydroxylation is 1. The number of guanidine groups is 1. The van der Waals surface area contributed by atoms with Gasteiger partial charge in [-0.2, -0.15) is 13.2 Å². The molecule has 2 heterocycles. The van der Waals surface area contributed by atoms with Crippen molar-refractivity contribution in [2.75, 3.05) is 20.2 Å². The molecule has 10 heteroatoms. The van der Waals surface area contributed by atoms with E-state index in [1.54, 1.807) is 30.5 Å². The quantitative estimate of drug-likeness (QED) is 0.565. The number of ether oxygens (including phenoxy) is 1. The number of hydrogen-bond donors (Lipinski definition) is 2. The second-order valence-electron chi connectivity index (χ2n) is 5.33. The van der Waals surface area contributed by atoms with Crippen LogP contribution in [0.25, 0.3) is 0 Å². The van der Waals surface area contributed by atoms with Crippen molar-refractivity contribution in [3.63, 3.8) is 0 Å². The molecule has 0 aliphatic heterocycles. The van der Waals surface area contributed by atoms with E-state index >= 15 is 0 Å². The Balaban J connectivity index is 1.84. The van der Waals surface area contributed by atoms with Gasteiger partial charge in [0.1, 0.15) is 0 Å². The molecule has 2 aromatic heterocycles. The van der Waals surface area contributed by atoms with Gasteiger partial charge in [-0.1, -0.05) is 6.07 Å². The summed E-state index contributed by atoms with van der Waals surface area (Å²) in [6, 6.07) is 3.29. The Morgan fingerprint density at radius 3 is 2.81 bits per heavy atom. The smallest absolute Gasteiger partial charge is 0.422 e. The Bertz CT molecular complexity index is 733. The van der Waals surface area contributed by atoms with Gasteiger partial charge >= 0.3 is 6.18 Å². The fourth-order valence-electron chi connectivity index (χ4n) is 2.07. The van der Waals surface area contributed by atoms with Gasteiger partial charge < -0.3 is 15.4 Å². The molecule has 2 aromatic rings. The highest BCUT2D eigenvalue weighted by atomic mass is 32.1. The molecule has 0 fully saturated rings. The topological polar surface area (TPSA) is 71.4 Å². The van der Waals surface area contributed by atoms with E-state index in [2.05, 4.69) is 25.6 Å². The first kappa shape index (κ1) is 20.0. The standard InChI is InChI=1S/C16H20F3N5OS/c1-11-24-13(9-26-11)5-7-22-15(20-2)23-8-12-4-3-6-21-14(12)25-10-16(17,18)19/h3-4,6,9H,5,7-8,10H2,1-2H3,(H2,20,22,23). The number of pyridine rings is 1. The summed E-state index contributed by atoms with van der Waals surface area (Å²) in [5.74, 6) is 0.480. The van der Waals surface area contributed by atoms with Crippen molar-refractivity contribution in [2.45, 2.75) is 26.1 Å². The molecule has 2 N–H and O–H groups in total. The number of aromatic nitrogens is 2. The van der Waals surface area contributed by atoms with Crippen molar-refractivity contribution < 1.29 is 17.9 Å². The summed E-state index contributed by atoms with van der Waals surface area (Å²) in [5, 5.41) is 9.20. The lowest BCUT2D eigenvalue weighted by Gasteiger charge is -2.14. The number of alkyl halides is 3. The summed E-state index contributed by atoms with van der Waals surface area (Å²) in [6.07, 6.45) is -2.27. The maximum absolute atomic E-state index is 12.3. The lowest BCUT2D eigenvalue weighted by molar-refractivity contribution is -0.154. The fraction of sp³-hybridized carbons (Fsp3) is 0.438. The van der Waals surface area contributed by atoms with Gasteiger partial charge in [-0.05, 0) is 13.0 Å². The zero-order valence-electron chi connectivity index (χ0n) is 14.4. The number of nitrogens with zero attached hydrogens (tertiary/aromatic N) is 3. The molecule has 0 saturated carbocycles. The van der Waals surface area contributed by atoms with Crippen LogP contribution in [0.3, 0.4) is 0 Å². The van der Waals surface area contributed by atoms with Crippen LogP contribution >= 0.6 is 11.3 Å². The molecule has 2 rings (SSSR count). The Morgan fingerprint density at radius 1 is 1.35 bits per heavy atom. The van der Waals surface area contributed by atoms with Crippen LogP contribution < -0.4 is 15.4 Å². The molecule has 0 spiro atoms. The van der Waals surface area contributed by atoms with Gasteiger partial charge in [-0.15, -0.1) is 11.3 Å². The lowest BCUT2D eigenvalue weighted by Crippen LogP contribution is -2.38. The molecule has 0 aliphatic carbocycles. The Kier molecular flexibility index (Phi) is 7.19. The molecule has 0 aliphatic rings. The summed E-state index contributed by atoms with van der Waals surface area (Å²) in [7, 11) is 1.62. The van der Waals surface area contributed by atoms with Crippen LogP contribution in [-0.2, 0) is 13.0 Å². The van der Waals surface area contributed by atoms with Crippen LogP contribution in [0, 0.1) is 6.92 Å². The monoisotopic (exact) mass is 387 g/mol. The third kappa shape index (κ3) is 6.87. The van der Waals surface area contributed by atoms with Gasteiger partial charge in [0.05, 0.1) is 10.7 Å². The van der Waals surface area contributed by atoms with Crippen LogP contribution in [0.1, 0.15) is 16.3 Å². The molecule has 0 bridgehead atoms. The highest BCUT2D eigenvalue weighted by Crippen LogP contribution is 2.19. The number of thiazole rings is 1. The molecule has 6 nitrogen and oxygen atoms in total. The molecule has 0 saturated heterocycles. The molecule has 0 unspecified atom stereocenters. The van der Waals surface area contributed by atoms with Crippen LogP contribution in [0.2, 0.25) is 0 Å². The maximum atomic E-state index is 12.3. The first-order chi connectivity index (χ1) is 12.4. The molecular weight excluding hydrogens is 367 g/mol. The van der Waals surface area contributed by atoms with Gasteiger partial charge in [0.25, 0.3) is 0 Å². The summed E-state index contributed by atoms with van der Waals surface area (Å²) < 4.78 is 41.7. The van der Waals surface area contributed by atoms with Crippen LogP contribution in [0.15, 0.2) is 28.7 Å². The van der Waals surface area contributed by atoms with Crippen molar-refractivity contribution in [1.29, 1.82) is 0 Å². The largest absolute Gasteiger partial charge is 0.468 e. The van der Waals surface area contributed by atoms with Crippen LogP contribution in [0.4, 0.5) is 13.2 Å². The van der Waals surface area contributed by atoms with E-state index in [9.17, 15) is 13.2 Å². The third-order valence-corrected chi connectivity index (χ3v) is 4.05. The van der Waals surface area contributed by atoms with E-state index < -0.39 is 12.8 Å². The number of nitrogens with one attached hydrogen (secondary N) is 2. The zero-order chi connectivity index (χ0) is 19.0. The predicted octanol–water partition coefficient (Wildman–Crippen LogP) is 2.70. The van der Waals surface area contributed by atoms with E-state index in [4.69, 9.17) is 4.74 Å². The minimum atomic E-state index is -4.41. The molecular formula is C16H20F3N5OS. The van der Waals surface area contributed by atoms with Crippen molar-refractivity contribution in [1.82, 2.24) is 20.6 Å². The molecule has 142 valence electrons. The maximum Gasteiger partial charge on any atom is 0.422 e. The van der Waals surface area contributed by atoms with Gasteiger partial charge in [0, 0.05) is 43.7 Å². The summed E-state index contributed by atoms with van der Waals surface area (Å²) >= 11 is 1.60. The average Bonchev–Trinajstić information content (AvgIpc) is 3.01. The third-order valence-electron chi connectivity index (χ3n) is 3.23. The average molecular weight is 387 g/mol. The van der Waals surface area contributed by atoms with E-state index in [1.165, 1.54) is 6.20 Å². The van der Waals surface area contributed by atoms with Crippen LogP contribution in [0.5, 0.6) is 5.88 Å².